The number of likely N-dealkylation sites (N-methyl/N-ethyl adjacent to an activating group) is 1. The molecule has 102 valence electrons. The van der Waals surface area contributed by atoms with Gasteiger partial charge < -0.3 is 15.2 Å². The second kappa shape index (κ2) is 7.52. The van der Waals surface area contributed by atoms with Crippen molar-refractivity contribution in [3.63, 3.8) is 0 Å². The maximum absolute atomic E-state index is 9.78. The van der Waals surface area contributed by atoms with Crippen molar-refractivity contribution in [2.24, 2.45) is 5.92 Å². The molecule has 1 rings (SSSR count). The molecule has 0 radical (unpaired) electrons. The highest BCUT2D eigenvalue weighted by atomic mass is 16.5. The van der Waals surface area contributed by atoms with Crippen LogP contribution in [0.5, 0.6) is 0 Å². The van der Waals surface area contributed by atoms with Gasteiger partial charge in [-0.1, -0.05) is 51.1 Å². The van der Waals surface area contributed by atoms with Crippen LogP contribution >= 0.6 is 0 Å². The summed E-state index contributed by atoms with van der Waals surface area (Å²) in [4.78, 5) is 0. The highest BCUT2D eigenvalue weighted by Gasteiger charge is 2.30. The summed E-state index contributed by atoms with van der Waals surface area (Å²) in [5.74, 6) is 0.499. The highest BCUT2D eigenvalue weighted by Crippen LogP contribution is 2.21. The zero-order valence-electron chi connectivity index (χ0n) is 11.6. The van der Waals surface area contributed by atoms with E-state index in [1.54, 1.807) is 0 Å². The molecule has 0 aliphatic heterocycles. The monoisotopic (exact) mass is 251 g/mol. The lowest BCUT2D eigenvalue weighted by molar-refractivity contribution is 0.0233. The first-order chi connectivity index (χ1) is 8.64. The summed E-state index contributed by atoms with van der Waals surface area (Å²) in [6, 6.07) is 10.0. The van der Waals surface area contributed by atoms with Crippen molar-refractivity contribution in [2.75, 3.05) is 26.4 Å². The fraction of sp³-hybridized carbons (Fsp3) is 0.600. The van der Waals surface area contributed by atoms with Crippen molar-refractivity contribution < 1.29 is 9.84 Å². The van der Waals surface area contributed by atoms with Gasteiger partial charge in [0.05, 0.1) is 18.8 Å². The second-order valence-corrected chi connectivity index (χ2v) is 5.05. The van der Waals surface area contributed by atoms with Gasteiger partial charge in [-0.2, -0.15) is 0 Å². The molecule has 1 aromatic carbocycles. The SMILES string of the molecule is CCNC(CO)(COCC(C)C)c1ccccc1. The van der Waals surface area contributed by atoms with E-state index >= 15 is 0 Å². The molecule has 0 amide bonds. The lowest BCUT2D eigenvalue weighted by Crippen LogP contribution is -2.49. The number of aliphatic hydroxyl groups excluding tert-OH is 1. The van der Waals surface area contributed by atoms with Crippen molar-refractivity contribution in [2.45, 2.75) is 26.3 Å². The van der Waals surface area contributed by atoms with Crippen LogP contribution < -0.4 is 5.32 Å². The Hall–Kier alpha value is -0.900. The Morgan fingerprint density at radius 1 is 1.28 bits per heavy atom. The van der Waals surface area contributed by atoms with Gasteiger partial charge in [-0.25, -0.2) is 0 Å². The van der Waals surface area contributed by atoms with E-state index in [0.29, 0.717) is 19.1 Å². The molecule has 0 spiro atoms. The normalized spacial score (nSPS) is 14.7. The van der Waals surface area contributed by atoms with Crippen LogP contribution in [-0.2, 0) is 10.3 Å². The molecule has 18 heavy (non-hydrogen) atoms. The van der Waals surface area contributed by atoms with Gasteiger partial charge >= 0.3 is 0 Å². The summed E-state index contributed by atoms with van der Waals surface area (Å²) in [7, 11) is 0. The number of hydrogen-bond acceptors (Lipinski definition) is 3. The fourth-order valence-corrected chi connectivity index (χ4v) is 1.99. The molecule has 0 saturated carbocycles. The third kappa shape index (κ3) is 4.09. The van der Waals surface area contributed by atoms with E-state index < -0.39 is 5.54 Å². The number of nitrogens with one attached hydrogen (secondary N) is 1. The maximum atomic E-state index is 9.78. The molecule has 0 fully saturated rings. The van der Waals surface area contributed by atoms with Gasteiger partial charge in [-0.15, -0.1) is 0 Å². The van der Waals surface area contributed by atoms with E-state index in [9.17, 15) is 5.11 Å². The molecular formula is C15H25NO2. The first-order valence-electron chi connectivity index (χ1n) is 6.63. The summed E-state index contributed by atoms with van der Waals surface area (Å²) in [6.45, 7) is 8.30. The molecule has 0 aliphatic rings. The van der Waals surface area contributed by atoms with E-state index in [0.717, 1.165) is 12.1 Å². The van der Waals surface area contributed by atoms with Crippen LogP contribution in [0.1, 0.15) is 26.3 Å². The summed E-state index contributed by atoms with van der Waals surface area (Å²) in [5.41, 5.74) is 0.573. The lowest BCUT2D eigenvalue weighted by Gasteiger charge is -2.33. The molecule has 3 heteroatoms. The number of hydrogen-bond donors (Lipinski definition) is 2. The molecule has 0 bridgehead atoms. The third-order valence-electron chi connectivity index (χ3n) is 2.91. The quantitative estimate of drug-likeness (QED) is 0.744. The average molecular weight is 251 g/mol. The third-order valence-corrected chi connectivity index (χ3v) is 2.91. The van der Waals surface area contributed by atoms with E-state index in [1.165, 1.54) is 0 Å². The van der Waals surface area contributed by atoms with Gasteiger partial charge in [0.1, 0.15) is 0 Å². The highest BCUT2D eigenvalue weighted by molar-refractivity contribution is 5.25. The summed E-state index contributed by atoms with van der Waals surface area (Å²) < 4.78 is 5.74. The minimum Gasteiger partial charge on any atom is -0.394 e. The molecule has 3 nitrogen and oxygen atoms in total. The summed E-state index contributed by atoms with van der Waals surface area (Å²) in [6.07, 6.45) is 0. The zero-order valence-corrected chi connectivity index (χ0v) is 11.6. The Balaban J connectivity index is 2.80. The van der Waals surface area contributed by atoms with Crippen molar-refractivity contribution in [3.8, 4) is 0 Å². The molecule has 0 aliphatic carbocycles. The summed E-state index contributed by atoms with van der Waals surface area (Å²) in [5, 5.41) is 13.1. The van der Waals surface area contributed by atoms with Crippen LogP contribution in [0.15, 0.2) is 30.3 Å². The van der Waals surface area contributed by atoms with Crippen molar-refractivity contribution in [1.82, 2.24) is 5.32 Å². The molecule has 0 aromatic heterocycles. The fourth-order valence-electron chi connectivity index (χ4n) is 1.99. The topological polar surface area (TPSA) is 41.5 Å². The Morgan fingerprint density at radius 2 is 1.94 bits per heavy atom. The zero-order chi connectivity index (χ0) is 13.4. The molecule has 1 atom stereocenters. The van der Waals surface area contributed by atoms with Gasteiger partial charge in [-0.05, 0) is 18.0 Å². The first kappa shape index (κ1) is 15.2. The average Bonchev–Trinajstić information content (AvgIpc) is 2.38. The van der Waals surface area contributed by atoms with Gasteiger partial charge in [0.25, 0.3) is 0 Å². The predicted molar refractivity (Wildman–Crippen MR) is 74.5 cm³/mol. The van der Waals surface area contributed by atoms with Gasteiger partial charge in [0, 0.05) is 6.61 Å². The Labute approximate surface area is 110 Å². The number of rotatable bonds is 8. The van der Waals surface area contributed by atoms with Crippen LogP contribution in [0, 0.1) is 5.92 Å². The van der Waals surface area contributed by atoms with Gasteiger partial charge in [-0.3, -0.25) is 0 Å². The predicted octanol–water partition coefficient (Wildman–Crippen LogP) is 2.16. The minimum atomic E-state index is -0.495. The smallest absolute Gasteiger partial charge is 0.0905 e. The van der Waals surface area contributed by atoms with E-state index in [1.807, 2.05) is 37.3 Å². The molecule has 1 aromatic rings. The van der Waals surface area contributed by atoms with Crippen molar-refractivity contribution in [1.29, 1.82) is 0 Å². The summed E-state index contributed by atoms with van der Waals surface area (Å²) >= 11 is 0. The Kier molecular flexibility index (Phi) is 6.33. The van der Waals surface area contributed by atoms with Crippen LogP contribution in [0.25, 0.3) is 0 Å². The largest absolute Gasteiger partial charge is 0.394 e. The van der Waals surface area contributed by atoms with E-state index in [-0.39, 0.29) is 6.61 Å². The first-order valence-corrected chi connectivity index (χ1v) is 6.63. The maximum Gasteiger partial charge on any atom is 0.0905 e. The minimum absolute atomic E-state index is 0.0307. The van der Waals surface area contributed by atoms with Crippen molar-refractivity contribution in [3.05, 3.63) is 35.9 Å². The van der Waals surface area contributed by atoms with Crippen LogP contribution in [0.2, 0.25) is 0 Å². The van der Waals surface area contributed by atoms with Crippen LogP contribution in [0.4, 0.5) is 0 Å². The molecule has 0 saturated heterocycles. The second-order valence-electron chi connectivity index (χ2n) is 5.05. The molecular weight excluding hydrogens is 226 g/mol. The van der Waals surface area contributed by atoms with E-state index in [4.69, 9.17) is 4.74 Å². The standard InChI is InChI=1S/C15H25NO2/c1-4-16-15(11-17,12-18-10-13(2)3)14-8-6-5-7-9-14/h5-9,13,16-17H,4,10-12H2,1-3H3. The lowest BCUT2D eigenvalue weighted by atomic mass is 9.91. The number of ether oxygens (including phenoxy) is 1. The molecule has 2 N–H and O–H groups in total. The van der Waals surface area contributed by atoms with E-state index in [2.05, 4.69) is 19.2 Å². The number of benzene rings is 1. The van der Waals surface area contributed by atoms with Gasteiger partial charge in [0.15, 0.2) is 0 Å². The van der Waals surface area contributed by atoms with Crippen molar-refractivity contribution >= 4 is 0 Å². The Morgan fingerprint density at radius 3 is 2.44 bits per heavy atom. The molecule has 0 heterocycles. The van der Waals surface area contributed by atoms with Gasteiger partial charge in [0.2, 0.25) is 0 Å². The van der Waals surface area contributed by atoms with Crippen LogP contribution in [0.3, 0.4) is 0 Å². The Bertz CT molecular complexity index is 327. The molecule has 1 unspecified atom stereocenters. The number of aliphatic hydroxyl groups is 1. The van der Waals surface area contributed by atoms with Crippen LogP contribution in [-0.4, -0.2) is 31.5 Å².